The van der Waals surface area contributed by atoms with Crippen LogP contribution in [-0.4, -0.2) is 32.1 Å². The minimum absolute atomic E-state index is 0.118. The monoisotopic (exact) mass is 316 g/mol. The molecule has 0 aromatic heterocycles. The predicted molar refractivity (Wildman–Crippen MR) is 92.9 cm³/mol. The van der Waals surface area contributed by atoms with Crippen LogP contribution in [0.2, 0.25) is 0 Å². The van der Waals surface area contributed by atoms with Gasteiger partial charge in [-0.15, -0.1) is 0 Å². The summed E-state index contributed by atoms with van der Waals surface area (Å²) in [5.41, 5.74) is 1.18. The second-order valence-corrected chi connectivity index (χ2v) is 6.83. The van der Waals surface area contributed by atoms with Crippen molar-refractivity contribution < 1.29 is 9.53 Å². The van der Waals surface area contributed by atoms with Gasteiger partial charge in [0.15, 0.2) is 0 Å². The third-order valence-corrected chi connectivity index (χ3v) is 5.18. The number of carbonyl (C=O) groups excluding carboxylic acids is 1. The number of rotatable bonds is 4. The average molecular weight is 316 g/mol. The molecule has 1 saturated carbocycles. The molecule has 1 aromatic carbocycles. The highest BCUT2D eigenvalue weighted by atomic mass is 16.5. The summed E-state index contributed by atoms with van der Waals surface area (Å²) in [5, 5.41) is 3.29. The van der Waals surface area contributed by atoms with Crippen LogP contribution in [0, 0.1) is 5.92 Å². The first-order valence-corrected chi connectivity index (χ1v) is 8.95. The Labute approximate surface area is 139 Å². The lowest BCUT2D eigenvalue weighted by atomic mass is 9.93. The standard InChI is InChI=1S/C19H28N2O2/c1-23-18-11-9-17(10-12-18)21-13-5-6-15(14-21)19(22)20-16-7-3-2-4-8-16/h9-12,15-16H,2-8,13-14H2,1H3,(H,20,22). The lowest BCUT2D eigenvalue weighted by Crippen LogP contribution is -2.46. The van der Waals surface area contributed by atoms with Gasteiger partial charge in [-0.05, 0) is 49.9 Å². The highest BCUT2D eigenvalue weighted by Crippen LogP contribution is 2.26. The third-order valence-electron chi connectivity index (χ3n) is 5.18. The van der Waals surface area contributed by atoms with Gasteiger partial charge in [-0.1, -0.05) is 19.3 Å². The Morgan fingerprint density at radius 2 is 1.83 bits per heavy atom. The summed E-state index contributed by atoms with van der Waals surface area (Å²) in [6.07, 6.45) is 8.23. The molecule has 1 aliphatic carbocycles. The molecular formula is C19H28N2O2. The van der Waals surface area contributed by atoms with Crippen LogP contribution in [0.5, 0.6) is 5.75 Å². The van der Waals surface area contributed by atoms with Crippen molar-refractivity contribution in [2.75, 3.05) is 25.1 Å². The molecule has 1 unspecified atom stereocenters. The van der Waals surface area contributed by atoms with Gasteiger partial charge in [0.1, 0.15) is 5.75 Å². The molecule has 4 heteroatoms. The van der Waals surface area contributed by atoms with E-state index in [1.165, 1.54) is 24.9 Å². The van der Waals surface area contributed by atoms with Crippen LogP contribution in [0.25, 0.3) is 0 Å². The van der Waals surface area contributed by atoms with Gasteiger partial charge in [0.05, 0.1) is 13.0 Å². The molecule has 3 rings (SSSR count). The SMILES string of the molecule is COc1ccc(N2CCCC(C(=O)NC3CCCCC3)C2)cc1. The molecule has 2 aliphatic rings. The number of carbonyl (C=O) groups is 1. The normalized spacial score (nSPS) is 22.7. The van der Waals surface area contributed by atoms with Crippen molar-refractivity contribution >= 4 is 11.6 Å². The Kier molecular flexibility index (Phi) is 5.42. The first kappa shape index (κ1) is 16.2. The van der Waals surface area contributed by atoms with Gasteiger partial charge in [0.25, 0.3) is 0 Å². The lowest BCUT2D eigenvalue weighted by Gasteiger charge is -2.35. The van der Waals surface area contributed by atoms with Gasteiger partial charge >= 0.3 is 0 Å². The van der Waals surface area contributed by atoms with Crippen molar-refractivity contribution in [2.45, 2.75) is 51.0 Å². The Morgan fingerprint density at radius 1 is 1.09 bits per heavy atom. The summed E-state index contributed by atoms with van der Waals surface area (Å²) >= 11 is 0. The number of hydrogen-bond acceptors (Lipinski definition) is 3. The van der Waals surface area contributed by atoms with Gasteiger partial charge in [0, 0.05) is 24.8 Å². The van der Waals surface area contributed by atoms with Crippen LogP contribution in [0.4, 0.5) is 5.69 Å². The van der Waals surface area contributed by atoms with Crippen LogP contribution in [-0.2, 0) is 4.79 Å². The topological polar surface area (TPSA) is 41.6 Å². The number of methoxy groups -OCH3 is 1. The molecule has 1 N–H and O–H groups in total. The van der Waals surface area contributed by atoms with Crippen molar-refractivity contribution in [3.05, 3.63) is 24.3 Å². The number of ether oxygens (including phenoxy) is 1. The maximum atomic E-state index is 12.6. The second kappa shape index (κ2) is 7.71. The maximum absolute atomic E-state index is 12.6. The quantitative estimate of drug-likeness (QED) is 0.926. The van der Waals surface area contributed by atoms with Crippen molar-refractivity contribution in [2.24, 2.45) is 5.92 Å². The van der Waals surface area contributed by atoms with E-state index in [1.807, 2.05) is 12.1 Å². The zero-order valence-corrected chi connectivity index (χ0v) is 14.1. The van der Waals surface area contributed by atoms with Crippen LogP contribution in [0.3, 0.4) is 0 Å². The van der Waals surface area contributed by atoms with Crippen LogP contribution < -0.4 is 15.0 Å². The molecule has 1 aromatic rings. The first-order valence-electron chi connectivity index (χ1n) is 8.95. The number of amides is 1. The van der Waals surface area contributed by atoms with E-state index in [-0.39, 0.29) is 11.8 Å². The zero-order valence-electron chi connectivity index (χ0n) is 14.1. The zero-order chi connectivity index (χ0) is 16.1. The summed E-state index contributed by atoms with van der Waals surface area (Å²) < 4.78 is 5.22. The summed E-state index contributed by atoms with van der Waals surface area (Å²) in [6, 6.07) is 8.55. The molecule has 0 bridgehead atoms. The maximum Gasteiger partial charge on any atom is 0.225 e. The number of nitrogens with one attached hydrogen (secondary N) is 1. The molecule has 0 spiro atoms. The van der Waals surface area contributed by atoms with E-state index in [1.54, 1.807) is 7.11 Å². The number of hydrogen-bond donors (Lipinski definition) is 1. The van der Waals surface area contributed by atoms with Crippen LogP contribution in [0.1, 0.15) is 44.9 Å². The highest BCUT2D eigenvalue weighted by Gasteiger charge is 2.27. The van der Waals surface area contributed by atoms with Crippen molar-refractivity contribution in [3.8, 4) is 5.75 Å². The summed E-state index contributed by atoms with van der Waals surface area (Å²) in [4.78, 5) is 14.9. The summed E-state index contributed by atoms with van der Waals surface area (Å²) in [6.45, 7) is 1.85. The molecule has 1 amide bonds. The average Bonchev–Trinajstić information content (AvgIpc) is 2.63. The van der Waals surface area contributed by atoms with E-state index in [0.717, 1.165) is 44.5 Å². The fraction of sp³-hybridized carbons (Fsp3) is 0.632. The Hall–Kier alpha value is -1.71. The van der Waals surface area contributed by atoms with Gasteiger partial charge in [-0.25, -0.2) is 0 Å². The van der Waals surface area contributed by atoms with E-state index >= 15 is 0 Å². The molecule has 1 atom stereocenters. The van der Waals surface area contributed by atoms with Crippen molar-refractivity contribution in [1.82, 2.24) is 5.32 Å². The van der Waals surface area contributed by atoms with Gasteiger partial charge in [-0.2, -0.15) is 0 Å². The first-order chi connectivity index (χ1) is 11.3. The molecule has 2 fully saturated rings. The summed E-state index contributed by atoms with van der Waals surface area (Å²) in [5.74, 6) is 1.25. The Balaban J connectivity index is 1.57. The number of benzene rings is 1. The lowest BCUT2D eigenvalue weighted by molar-refractivity contribution is -0.126. The van der Waals surface area contributed by atoms with Crippen molar-refractivity contribution in [3.63, 3.8) is 0 Å². The molecule has 23 heavy (non-hydrogen) atoms. The molecule has 1 heterocycles. The third kappa shape index (κ3) is 4.18. The fourth-order valence-corrected chi connectivity index (χ4v) is 3.78. The molecule has 0 radical (unpaired) electrons. The van der Waals surface area contributed by atoms with E-state index in [0.29, 0.717) is 6.04 Å². The van der Waals surface area contributed by atoms with E-state index in [4.69, 9.17) is 4.74 Å². The molecular weight excluding hydrogens is 288 g/mol. The molecule has 4 nitrogen and oxygen atoms in total. The summed E-state index contributed by atoms with van der Waals surface area (Å²) in [7, 11) is 1.68. The molecule has 1 aliphatic heterocycles. The predicted octanol–water partition coefficient (Wildman–Crippen LogP) is 3.36. The Morgan fingerprint density at radius 3 is 2.52 bits per heavy atom. The highest BCUT2D eigenvalue weighted by molar-refractivity contribution is 5.80. The molecule has 1 saturated heterocycles. The van der Waals surface area contributed by atoms with Gasteiger partial charge < -0.3 is 15.0 Å². The number of piperidine rings is 1. The number of anilines is 1. The van der Waals surface area contributed by atoms with E-state index < -0.39 is 0 Å². The van der Waals surface area contributed by atoms with E-state index in [9.17, 15) is 4.79 Å². The second-order valence-electron chi connectivity index (χ2n) is 6.83. The number of nitrogens with zero attached hydrogens (tertiary/aromatic N) is 1. The molecule has 126 valence electrons. The van der Waals surface area contributed by atoms with Gasteiger partial charge in [0.2, 0.25) is 5.91 Å². The Bertz CT molecular complexity index is 509. The fourth-order valence-electron chi connectivity index (χ4n) is 3.78. The van der Waals surface area contributed by atoms with Crippen LogP contribution >= 0.6 is 0 Å². The minimum Gasteiger partial charge on any atom is -0.497 e. The van der Waals surface area contributed by atoms with Crippen molar-refractivity contribution in [1.29, 1.82) is 0 Å². The largest absolute Gasteiger partial charge is 0.497 e. The van der Waals surface area contributed by atoms with Gasteiger partial charge in [-0.3, -0.25) is 4.79 Å². The van der Waals surface area contributed by atoms with Crippen LogP contribution in [0.15, 0.2) is 24.3 Å². The van der Waals surface area contributed by atoms with E-state index in [2.05, 4.69) is 22.3 Å². The minimum atomic E-state index is 0.118. The smallest absolute Gasteiger partial charge is 0.225 e.